The van der Waals surface area contributed by atoms with E-state index in [4.69, 9.17) is 5.73 Å². The lowest BCUT2D eigenvalue weighted by Gasteiger charge is -2.31. The van der Waals surface area contributed by atoms with Gasteiger partial charge in [-0.2, -0.15) is 0 Å². The molecule has 2 rings (SSSR count). The number of fused-ring (bicyclic) bond motifs is 1. The Labute approximate surface area is 118 Å². The molecule has 1 aromatic carbocycles. The molecule has 0 radical (unpaired) electrons. The lowest BCUT2D eigenvalue weighted by Crippen LogP contribution is -2.30. The Kier molecular flexibility index (Phi) is 5.71. The first-order chi connectivity index (χ1) is 9.35. The fourth-order valence-corrected chi connectivity index (χ4v) is 2.99. The van der Waals surface area contributed by atoms with E-state index in [0.717, 1.165) is 0 Å². The fourth-order valence-electron chi connectivity index (χ4n) is 2.99. The van der Waals surface area contributed by atoms with Gasteiger partial charge in [0.05, 0.1) is 0 Å². The van der Waals surface area contributed by atoms with Crippen LogP contribution in [0.1, 0.15) is 56.6 Å². The zero-order valence-corrected chi connectivity index (χ0v) is 12.3. The smallest absolute Gasteiger partial charge is 0.0398 e. The van der Waals surface area contributed by atoms with Crippen LogP contribution in [-0.4, -0.2) is 13.1 Å². The molecule has 0 saturated heterocycles. The van der Waals surface area contributed by atoms with Crippen LogP contribution < -0.4 is 10.6 Å². The molecule has 106 valence electrons. The van der Waals surface area contributed by atoms with E-state index in [1.807, 2.05) is 0 Å². The second kappa shape index (κ2) is 7.54. The first-order valence-electron chi connectivity index (χ1n) is 7.92. The number of nitrogens with zero attached hydrogens (tertiary/aromatic N) is 1. The Morgan fingerprint density at radius 2 is 2.00 bits per heavy atom. The highest BCUT2D eigenvalue weighted by molar-refractivity contribution is 5.56. The van der Waals surface area contributed by atoms with Crippen LogP contribution in [-0.2, 0) is 13.0 Å². The van der Waals surface area contributed by atoms with Gasteiger partial charge >= 0.3 is 0 Å². The minimum absolute atomic E-state index is 0.657. The summed E-state index contributed by atoms with van der Waals surface area (Å²) in [6, 6.07) is 6.77. The highest BCUT2D eigenvalue weighted by atomic mass is 15.1. The quantitative estimate of drug-likeness (QED) is 0.754. The maximum Gasteiger partial charge on any atom is 0.0398 e. The zero-order valence-electron chi connectivity index (χ0n) is 12.3. The van der Waals surface area contributed by atoms with Crippen molar-refractivity contribution in [2.45, 2.75) is 58.4 Å². The molecule has 0 bridgehead atoms. The van der Waals surface area contributed by atoms with Crippen LogP contribution in [0.5, 0.6) is 0 Å². The van der Waals surface area contributed by atoms with Gasteiger partial charge in [-0.15, -0.1) is 0 Å². The summed E-state index contributed by atoms with van der Waals surface area (Å²) in [5.74, 6) is 0. The third-order valence-electron chi connectivity index (χ3n) is 4.13. The third kappa shape index (κ3) is 3.97. The van der Waals surface area contributed by atoms with Gasteiger partial charge in [0.15, 0.2) is 0 Å². The van der Waals surface area contributed by atoms with Crippen LogP contribution in [0, 0.1) is 0 Å². The molecule has 0 atom stereocenters. The van der Waals surface area contributed by atoms with Crippen molar-refractivity contribution in [2.75, 3.05) is 18.0 Å². The molecule has 2 nitrogen and oxygen atoms in total. The molecule has 0 amide bonds. The molecular formula is C17H28N2. The van der Waals surface area contributed by atoms with Crippen molar-refractivity contribution in [1.82, 2.24) is 0 Å². The average molecular weight is 260 g/mol. The van der Waals surface area contributed by atoms with Crippen molar-refractivity contribution < 1.29 is 0 Å². The Hall–Kier alpha value is -1.02. The summed E-state index contributed by atoms with van der Waals surface area (Å²) < 4.78 is 0. The van der Waals surface area contributed by atoms with Crippen LogP contribution in [0.15, 0.2) is 18.2 Å². The van der Waals surface area contributed by atoms with Gasteiger partial charge < -0.3 is 10.6 Å². The highest BCUT2D eigenvalue weighted by Gasteiger charge is 2.16. The van der Waals surface area contributed by atoms with E-state index in [2.05, 4.69) is 30.0 Å². The van der Waals surface area contributed by atoms with Crippen molar-refractivity contribution in [2.24, 2.45) is 5.73 Å². The molecule has 0 aliphatic carbocycles. The highest BCUT2D eigenvalue weighted by Crippen LogP contribution is 2.28. The predicted octanol–water partition coefficient (Wildman–Crippen LogP) is 3.87. The van der Waals surface area contributed by atoms with E-state index in [1.165, 1.54) is 74.8 Å². The summed E-state index contributed by atoms with van der Waals surface area (Å²) in [6.07, 6.45) is 9.32. The molecule has 0 saturated carbocycles. The lowest BCUT2D eigenvalue weighted by molar-refractivity contribution is 0.602. The van der Waals surface area contributed by atoms with Gasteiger partial charge in [-0.3, -0.25) is 0 Å². The minimum Gasteiger partial charge on any atom is -0.371 e. The number of rotatable bonds is 7. The van der Waals surface area contributed by atoms with E-state index in [9.17, 15) is 0 Å². The van der Waals surface area contributed by atoms with Gasteiger partial charge in [0, 0.05) is 25.3 Å². The van der Waals surface area contributed by atoms with Crippen LogP contribution in [0.3, 0.4) is 0 Å². The Balaban J connectivity index is 1.90. The maximum atomic E-state index is 5.73. The summed E-state index contributed by atoms with van der Waals surface area (Å²) in [5.41, 5.74) is 9.96. The molecule has 19 heavy (non-hydrogen) atoms. The number of unbranched alkanes of at least 4 members (excludes halogenated alkanes) is 4. The second-order valence-electron chi connectivity index (χ2n) is 5.67. The van der Waals surface area contributed by atoms with Gasteiger partial charge in [0.25, 0.3) is 0 Å². The molecule has 0 fully saturated rings. The number of aryl methyl sites for hydroxylation is 1. The molecule has 1 heterocycles. The van der Waals surface area contributed by atoms with Gasteiger partial charge in [0.2, 0.25) is 0 Å². The van der Waals surface area contributed by atoms with Gasteiger partial charge in [-0.25, -0.2) is 0 Å². The number of anilines is 1. The second-order valence-corrected chi connectivity index (χ2v) is 5.67. The molecule has 0 aromatic heterocycles. The van der Waals surface area contributed by atoms with Gasteiger partial charge in [0.1, 0.15) is 0 Å². The number of hydrogen-bond acceptors (Lipinski definition) is 2. The number of benzene rings is 1. The summed E-state index contributed by atoms with van der Waals surface area (Å²) in [5, 5.41) is 0. The summed E-state index contributed by atoms with van der Waals surface area (Å²) in [7, 11) is 0. The monoisotopic (exact) mass is 260 g/mol. The van der Waals surface area contributed by atoms with E-state index in [-0.39, 0.29) is 0 Å². The molecule has 2 heteroatoms. The molecule has 2 N–H and O–H groups in total. The van der Waals surface area contributed by atoms with E-state index in [1.54, 1.807) is 0 Å². The zero-order chi connectivity index (χ0) is 13.5. The van der Waals surface area contributed by atoms with Crippen molar-refractivity contribution >= 4 is 5.69 Å². The topological polar surface area (TPSA) is 29.3 Å². The molecule has 0 unspecified atom stereocenters. The fraction of sp³-hybridized carbons (Fsp3) is 0.647. The summed E-state index contributed by atoms with van der Waals surface area (Å²) >= 11 is 0. The molecular weight excluding hydrogens is 232 g/mol. The molecule has 1 aromatic rings. The van der Waals surface area contributed by atoms with E-state index >= 15 is 0 Å². The summed E-state index contributed by atoms with van der Waals surface area (Å²) in [4.78, 5) is 2.57. The van der Waals surface area contributed by atoms with Crippen LogP contribution in [0.25, 0.3) is 0 Å². The maximum absolute atomic E-state index is 5.73. The first-order valence-corrected chi connectivity index (χ1v) is 7.92. The van der Waals surface area contributed by atoms with E-state index in [0.29, 0.717) is 6.54 Å². The van der Waals surface area contributed by atoms with Crippen LogP contribution >= 0.6 is 0 Å². The molecule has 1 aliphatic heterocycles. The lowest BCUT2D eigenvalue weighted by atomic mass is 9.99. The standard InChI is InChI=1S/C17H28N2/c1-2-3-4-5-6-11-19-12-7-8-16-13-15(14-18)9-10-17(16)19/h9-10,13H,2-8,11-12,14,18H2,1H3. The number of hydrogen-bond donors (Lipinski definition) is 1. The normalized spacial score (nSPS) is 14.5. The largest absolute Gasteiger partial charge is 0.371 e. The van der Waals surface area contributed by atoms with Crippen LogP contribution in [0.2, 0.25) is 0 Å². The minimum atomic E-state index is 0.657. The van der Waals surface area contributed by atoms with Crippen molar-refractivity contribution in [3.63, 3.8) is 0 Å². The SMILES string of the molecule is CCCCCCCN1CCCc2cc(CN)ccc21. The Morgan fingerprint density at radius 1 is 1.16 bits per heavy atom. The van der Waals surface area contributed by atoms with Crippen molar-refractivity contribution in [3.8, 4) is 0 Å². The van der Waals surface area contributed by atoms with Gasteiger partial charge in [-0.05, 0) is 36.5 Å². The Morgan fingerprint density at radius 3 is 2.79 bits per heavy atom. The molecule has 1 aliphatic rings. The number of nitrogens with two attached hydrogens (primary N) is 1. The summed E-state index contributed by atoms with van der Waals surface area (Å²) in [6.45, 7) is 5.38. The van der Waals surface area contributed by atoms with E-state index < -0.39 is 0 Å². The first kappa shape index (κ1) is 14.4. The Bertz CT molecular complexity index is 387. The average Bonchev–Trinajstić information content (AvgIpc) is 2.46. The predicted molar refractivity (Wildman–Crippen MR) is 83.6 cm³/mol. The van der Waals surface area contributed by atoms with Crippen molar-refractivity contribution in [3.05, 3.63) is 29.3 Å². The van der Waals surface area contributed by atoms with Crippen LogP contribution in [0.4, 0.5) is 5.69 Å². The van der Waals surface area contributed by atoms with Crippen molar-refractivity contribution in [1.29, 1.82) is 0 Å². The van der Waals surface area contributed by atoms with Gasteiger partial charge in [-0.1, -0.05) is 44.7 Å². The third-order valence-corrected chi connectivity index (χ3v) is 4.13. The molecule has 0 spiro atoms.